The van der Waals surface area contributed by atoms with Crippen LogP contribution in [0.15, 0.2) is 60.2 Å². The normalized spacial score (nSPS) is 18.2. The Hall–Kier alpha value is -4.29. The molecule has 3 N–H and O–H groups in total. The van der Waals surface area contributed by atoms with Crippen molar-refractivity contribution in [2.75, 3.05) is 26.4 Å². The minimum atomic E-state index is -0.807. The zero-order valence-electron chi connectivity index (χ0n) is 33.5. The molecule has 3 aromatic rings. The number of unbranched alkanes of at least 4 members (excludes halogenated alkanes) is 2. The highest BCUT2D eigenvalue weighted by Gasteiger charge is 2.53. The first kappa shape index (κ1) is 41.9. The van der Waals surface area contributed by atoms with Crippen LogP contribution in [0, 0.1) is 16.2 Å². The van der Waals surface area contributed by atoms with Gasteiger partial charge in [-0.05, 0) is 90.2 Å². The van der Waals surface area contributed by atoms with Gasteiger partial charge in [0, 0.05) is 37.5 Å². The molecule has 0 bridgehead atoms. The standard InChI is InChI=1S/C43H59N5O6S/c1-41(2,3)36(39(52)48-21-11-12-33(48)38(51)45-24-29-13-15-30(16-14-29)34-25-44-28-55-34)46-35(49)26-53-22-9-8-10-23-54-32-19-17-31(18-20-32)37(50)47-40-42(4,5)27-43(40,6)7/h13-20,25,28,33,36,40H,8-12,21-24,26-27H2,1-7H3,(H,45,51)(H,46,49)(H,47,50)/t33-,36+/m0/s1. The van der Waals surface area contributed by atoms with E-state index >= 15 is 0 Å². The quantitative estimate of drug-likeness (QED) is 0.129. The number of nitrogens with zero attached hydrogens (tertiary/aromatic N) is 2. The fourth-order valence-electron chi connectivity index (χ4n) is 8.22. The topological polar surface area (TPSA) is 139 Å². The Morgan fingerprint density at radius 3 is 2.27 bits per heavy atom. The van der Waals surface area contributed by atoms with Crippen molar-refractivity contribution in [3.05, 3.63) is 71.4 Å². The maximum atomic E-state index is 13.8. The van der Waals surface area contributed by atoms with E-state index in [1.807, 2.05) is 63.4 Å². The summed E-state index contributed by atoms with van der Waals surface area (Å²) in [5.74, 6) is -0.164. The maximum absolute atomic E-state index is 13.8. The highest BCUT2D eigenvalue weighted by atomic mass is 32.1. The van der Waals surface area contributed by atoms with Crippen LogP contribution in [-0.4, -0.2) is 78.0 Å². The van der Waals surface area contributed by atoms with Gasteiger partial charge in [0.05, 0.1) is 17.0 Å². The number of ether oxygens (including phenoxy) is 2. The molecule has 55 heavy (non-hydrogen) atoms. The van der Waals surface area contributed by atoms with E-state index in [9.17, 15) is 19.2 Å². The van der Waals surface area contributed by atoms with Crippen molar-refractivity contribution in [2.24, 2.45) is 16.2 Å². The molecule has 1 aliphatic heterocycles. The molecule has 4 amide bonds. The first-order valence-electron chi connectivity index (χ1n) is 19.5. The molecule has 1 saturated heterocycles. The maximum Gasteiger partial charge on any atom is 0.251 e. The molecule has 298 valence electrons. The first-order chi connectivity index (χ1) is 26.0. The summed E-state index contributed by atoms with van der Waals surface area (Å²) in [7, 11) is 0. The molecule has 0 unspecified atom stereocenters. The number of amides is 4. The summed E-state index contributed by atoms with van der Waals surface area (Å²) in [5.41, 5.74) is 4.07. The van der Waals surface area contributed by atoms with Crippen molar-refractivity contribution >= 4 is 35.0 Å². The highest BCUT2D eigenvalue weighted by Crippen LogP contribution is 2.53. The van der Waals surface area contributed by atoms with Crippen molar-refractivity contribution in [1.82, 2.24) is 25.8 Å². The summed E-state index contributed by atoms with van der Waals surface area (Å²) in [4.78, 5) is 59.8. The fourth-order valence-corrected chi connectivity index (χ4v) is 8.85. The largest absolute Gasteiger partial charge is 0.494 e. The minimum absolute atomic E-state index is 0.0614. The molecule has 0 spiro atoms. The summed E-state index contributed by atoms with van der Waals surface area (Å²) in [5, 5.41) is 9.12. The van der Waals surface area contributed by atoms with Gasteiger partial charge < -0.3 is 30.3 Å². The second-order valence-corrected chi connectivity index (χ2v) is 18.3. The smallest absolute Gasteiger partial charge is 0.251 e. The van der Waals surface area contributed by atoms with Crippen LogP contribution in [-0.2, 0) is 25.7 Å². The van der Waals surface area contributed by atoms with Gasteiger partial charge in [-0.25, -0.2) is 0 Å². The molecule has 2 atom stereocenters. The molecule has 1 aliphatic carbocycles. The number of hydrogen-bond acceptors (Lipinski definition) is 8. The summed E-state index contributed by atoms with van der Waals surface area (Å²) in [6, 6.07) is 14.0. The number of carbonyl (C=O) groups excluding carboxylic acids is 4. The molecule has 5 rings (SSSR count). The predicted molar refractivity (Wildman–Crippen MR) is 216 cm³/mol. The van der Waals surface area contributed by atoms with Gasteiger partial charge in [-0.15, -0.1) is 11.3 Å². The summed E-state index contributed by atoms with van der Waals surface area (Å²) >= 11 is 1.57. The first-order valence-corrected chi connectivity index (χ1v) is 20.4. The van der Waals surface area contributed by atoms with Crippen LogP contribution >= 0.6 is 11.3 Å². The Labute approximate surface area is 330 Å². The summed E-state index contributed by atoms with van der Waals surface area (Å²) < 4.78 is 11.5. The average molecular weight is 774 g/mol. The molecule has 0 radical (unpaired) electrons. The van der Waals surface area contributed by atoms with Crippen molar-refractivity contribution in [2.45, 2.75) is 112 Å². The van der Waals surface area contributed by atoms with Gasteiger partial charge in [0.25, 0.3) is 5.91 Å². The van der Waals surface area contributed by atoms with Crippen molar-refractivity contribution < 1.29 is 28.7 Å². The van der Waals surface area contributed by atoms with Gasteiger partial charge in [-0.1, -0.05) is 72.7 Å². The number of likely N-dealkylation sites (tertiary alicyclic amines) is 1. The third kappa shape index (κ3) is 11.2. The Morgan fingerprint density at radius 2 is 1.64 bits per heavy atom. The number of nitrogens with one attached hydrogen (secondary N) is 3. The molecule has 1 saturated carbocycles. The number of rotatable bonds is 17. The zero-order chi connectivity index (χ0) is 39.8. The molecule has 2 fully saturated rings. The molecule has 2 heterocycles. The third-order valence-corrected chi connectivity index (χ3v) is 11.5. The summed E-state index contributed by atoms with van der Waals surface area (Å²) in [6.45, 7) is 16.1. The van der Waals surface area contributed by atoms with Crippen molar-refractivity contribution in [3.63, 3.8) is 0 Å². The third-order valence-electron chi connectivity index (χ3n) is 10.7. The van der Waals surface area contributed by atoms with Gasteiger partial charge in [-0.3, -0.25) is 24.2 Å². The van der Waals surface area contributed by atoms with Crippen molar-refractivity contribution in [1.29, 1.82) is 0 Å². The number of carbonyl (C=O) groups is 4. The lowest BCUT2D eigenvalue weighted by atomic mass is 9.52. The van der Waals surface area contributed by atoms with Crippen LogP contribution < -0.4 is 20.7 Å². The summed E-state index contributed by atoms with van der Waals surface area (Å²) in [6.07, 6.45) is 6.63. The van der Waals surface area contributed by atoms with Gasteiger partial charge in [0.1, 0.15) is 24.4 Å². The van der Waals surface area contributed by atoms with E-state index in [1.165, 1.54) is 0 Å². The number of hydrogen-bond donors (Lipinski definition) is 3. The highest BCUT2D eigenvalue weighted by molar-refractivity contribution is 7.13. The van der Waals surface area contributed by atoms with Crippen molar-refractivity contribution in [3.8, 4) is 16.2 Å². The van der Waals surface area contributed by atoms with E-state index in [0.717, 1.165) is 48.1 Å². The molecular weight excluding hydrogens is 715 g/mol. The lowest BCUT2D eigenvalue weighted by Gasteiger charge is -2.57. The van der Waals surface area contributed by atoms with Crippen LogP contribution in [0.25, 0.3) is 10.4 Å². The van der Waals surface area contributed by atoms with Crippen LogP contribution in [0.1, 0.15) is 103 Å². The van der Waals surface area contributed by atoms with Gasteiger partial charge >= 0.3 is 0 Å². The van der Waals surface area contributed by atoms with E-state index < -0.39 is 17.5 Å². The molecule has 11 nitrogen and oxygen atoms in total. The molecule has 2 aromatic carbocycles. The van der Waals surface area contributed by atoms with Gasteiger partial charge in [0.15, 0.2) is 0 Å². The Kier molecular flexibility index (Phi) is 13.8. The molecular formula is C43H59N5O6S. The van der Waals surface area contributed by atoms with Crippen LogP contribution in [0.2, 0.25) is 0 Å². The Morgan fingerprint density at radius 1 is 0.945 bits per heavy atom. The average Bonchev–Trinajstić information content (AvgIpc) is 3.86. The van der Waals surface area contributed by atoms with Gasteiger partial charge in [-0.2, -0.15) is 0 Å². The van der Waals surface area contributed by atoms with Crippen LogP contribution in [0.5, 0.6) is 5.75 Å². The monoisotopic (exact) mass is 773 g/mol. The van der Waals surface area contributed by atoms with E-state index in [0.29, 0.717) is 44.0 Å². The molecule has 2 aliphatic rings. The SMILES string of the molecule is CC1(C)CC(C)(C)C1NC(=O)c1ccc(OCCCCCOCC(=O)N[C@H](C(=O)N2CCC[C@H]2C(=O)NCc2ccc(-c3cncs3)cc2)C(C)(C)C)cc1. The van der Waals surface area contributed by atoms with Crippen LogP contribution in [0.4, 0.5) is 0 Å². The van der Waals surface area contributed by atoms with E-state index in [4.69, 9.17) is 9.47 Å². The lowest BCUT2D eigenvalue weighted by molar-refractivity contribution is -0.144. The Balaban J connectivity index is 0.978. The lowest BCUT2D eigenvalue weighted by Crippen LogP contribution is -2.63. The number of benzene rings is 2. The van der Waals surface area contributed by atoms with E-state index in [-0.39, 0.29) is 47.1 Å². The second kappa shape index (κ2) is 18.1. The Bertz CT molecular complexity index is 1740. The fraction of sp³-hybridized carbons (Fsp3) is 0.558. The minimum Gasteiger partial charge on any atom is -0.494 e. The predicted octanol–water partition coefficient (Wildman–Crippen LogP) is 6.77. The molecule has 12 heteroatoms. The van der Waals surface area contributed by atoms with Crippen LogP contribution in [0.3, 0.4) is 0 Å². The second-order valence-electron chi connectivity index (χ2n) is 17.4. The van der Waals surface area contributed by atoms with E-state index in [1.54, 1.807) is 33.9 Å². The number of aromatic nitrogens is 1. The van der Waals surface area contributed by atoms with E-state index in [2.05, 4.69) is 48.6 Å². The molecule has 1 aromatic heterocycles. The van der Waals surface area contributed by atoms with Gasteiger partial charge in [0.2, 0.25) is 17.7 Å². The number of thiazole rings is 1. The zero-order valence-corrected chi connectivity index (χ0v) is 34.4.